The van der Waals surface area contributed by atoms with Crippen LogP contribution in [0, 0.1) is 0 Å². The van der Waals surface area contributed by atoms with Gasteiger partial charge >= 0.3 is 0 Å². The van der Waals surface area contributed by atoms with Crippen molar-refractivity contribution >= 4 is 33.0 Å². The van der Waals surface area contributed by atoms with Gasteiger partial charge in [0.2, 0.25) is 0 Å². The summed E-state index contributed by atoms with van der Waals surface area (Å²) in [5.74, 6) is 0. The molecule has 15 heavy (non-hydrogen) atoms. The van der Waals surface area contributed by atoms with E-state index in [1.807, 2.05) is 54.6 Å². The van der Waals surface area contributed by atoms with Crippen LogP contribution in [0.5, 0.6) is 0 Å². The molecule has 2 rings (SSSR count). The molecule has 0 amide bonds. The van der Waals surface area contributed by atoms with Gasteiger partial charge in [0.05, 0.1) is 4.86 Å². The molecule has 0 N–H and O–H groups in total. The van der Waals surface area contributed by atoms with Gasteiger partial charge in [0.25, 0.3) is 0 Å². The van der Waals surface area contributed by atoms with Gasteiger partial charge in [-0.15, -0.1) is 0 Å². The molecule has 0 radical (unpaired) electrons. The smallest absolute Gasteiger partial charge is 0.0521 e. The lowest BCUT2D eigenvalue weighted by Gasteiger charge is -2.03. The van der Waals surface area contributed by atoms with Crippen molar-refractivity contribution in [1.29, 1.82) is 0 Å². The largest absolute Gasteiger partial charge is 0.0788 e. The molecule has 0 nitrogen and oxygen atoms in total. The highest BCUT2D eigenvalue weighted by Crippen LogP contribution is 2.14. The van der Waals surface area contributed by atoms with E-state index in [9.17, 15) is 0 Å². The molecule has 74 valence electrons. The van der Waals surface area contributed by atoms with E-state index >= 15 is 0 Å². The Kier molecular flexibility index (Phi) is 3.29. The summed E-state index contributed by atoms with van der Waals surface area (Å²) in [4.78, 5) is 0.892. The van der Waals surface area contributed by atoms with E-state index in [1.165, 1.54) is 0 Å². The SMILES string of the molecule is S=C(c1ccccc1)c1ccc(Br)cc1. The van der Waals surface area contributed by atoms with Gasteiger partial charge in [0.15, 0.2) is 0 Å². The summed E-state index contributed by atoms with van der Waals surface area (Å²) in [6.45, 7) is 0. The molecule has 0 aromatic heterocycles. The average Bonchev–Trinajstić information content (AvgIpc) is 2.30. The molecule has 0 saturated carbocycles. The number of halogens is 1. The third-order valence-corrected chi connectivity index (χ3v) is 3.14. The Morgan fingerprint density at radius 3 is 1.93 bits per heavy atom. The first-order chi connectivity index (χ1) is 7.27. The number of hydrogen-bond acceptors (Lipinski definition) is 1. The van der Waals surface area contributed by atoms with Crippen LogP contribution >= 0.6 is 28.1 Å². The molecule has 0 saturated heterocycles. The van der Waals surface area contributed by atoms with Gasteiger partial charge in [-0.05, 0) is 23.3 Å². The lowest BCUT2D eigenvalue weighted by Crippen LogP contribution is -1.98. The van der Waals surface area contributed by atoms with E-state index in [2.05, 4.69) is 15.9 Å². The van der Waals surface area contributed by atoms with Crippen LogP contribution in [0.1, 0.15) is 11.1 Å². The third kappa shape index (κ3) is 2.52. The van der Waals surface area contributed by atoms with Gasteiger partial charge < -0.3 is 0 Å². The second-order valence-corrected chi connectivity index (χ2v) is 4.53. The van der Waals surface area contributed by atoms with Crippen molar-refractivity contribution in [3.63, 3.8) is 0 Å². The molecule has 0 aliphatic carbocycles. The molecule has 0 heterocycles. The first-order valence-corrected chi connectivity index (χ1v) is 5.83. The van der Waals surface area contributed by atoms with E-state index in [1.54, 1.807) is 0 Å². The van der Waals surface area contributed by atoms with Crippen LogP contribution in [0.3, 0.4) is 0 Å². The molecule has 0 bridgehead atoms. The second kappa shape index (κ2) is 4.69. The van der Waals surface area contributed by atoms with Crippen LogP contribution in [-0.4, -0.2) is 4.86 Å². The summed E-state index contributed by atoms with van der Waals surface area (Å²) in [7, 11) is 0. The van der Waals surface area contributed by atoms with Crippen molar-refractivity contribution in [3.8, 4) is 0 Å². The second-order valence-electron chi connectivity index (χ2n) is 3.20. The molecule has 0 unspecified atom stereocenters. The predicted molar refractivity (Wildman–Crippen MR) is 71.4 cm³/mol. The van der Waals surface area contributed by atoms with Crippen molar-refractivity contribution in [2.24, 2.45) is 0 Å². The maximum absolute atomic E-state index is 5.42. The fourth-order valence-electron chi connectivity index (χ4n) is 1.36. The van der Waals surface area contributed by atoms with Crippen LogP contribution in [-0.2, 0) is 0 Å². The molecule has 2 aromatic carbocycles. The highest BCUT2D eigenvalue weighted by Gasteiger charge is 2.02. The van der Waals surface area contributed by atoms with Gasteiger partial charge in [0.1, 0.15) is 0 Å². The van der Waals surface area contributed by atoms with Gasteiger partial charge in [-0.25, -0.2) is 0 Å². The first kappa shape index (κ1) is 10.5. The van der Waals surface area contributed by atoms with Crippen molar-refractivity contribution in [3.05, 3.63) is 70.2 Å². The minimum Gasteiger partial charge on any atom is -0.0788 e. The normalized spacial score (nSPS) is 9.93. The van der Waals surface area contributed by atoms with Crippen molar-refractivity contribution in [2.45, 2.75) is 0 Å². The molecule has 0 aliphatic rings. The van der Waals surface area contributed by atoms with Crippen molar-refractivity contribution in [1.82, 2.24) is 0 Å². The number of hydrogen-bond donors (Lipinski definition) is 0. The molecule has 0 fully saturated rings. The van der Waals surface area contributed by atoms with Gasteiger partial charge in [-0.2, -0.15) is 0 Å². The Morgan fingerprint density at radius 1 is 0.800 bits per heavy atom. The zero-order chi connectivity index (χ0) is 10.7. The fourth-order valence-corrected chi connectivity index (χ4v) is 1.89. The Balaban J connectivity index is 2.33. The van der Waals surface area contributed by atoms with Crippen molar-refractivity contribution < 1.29 is 0 Å². The summed E-state index contributed by atoms with van der Waals surface area (Å²) in [5, 5.41) is 0. The molecular weight excluding hydrogens is 268 g/mol. The summed E-state index contributed by atoms with van der Waals surface area (Å²) in [6.07, 6.45) is 0. The van der Waals surface area contributed by atoms with Gasteiger partial charge in [-0.3, -0.25) is 0 Å². The zero-order valence-electron chi connectivity index (χ0n) is 7.98. The molecule has 2 heteroatoms. The van der Waals surface area contributed by atoms with E-state index in [0.717, 1.165) is 20.5 Å². The quantitative estimate of drug-likeness (QED) is 0.585. The average molecular weight is 277 g/mol. The fraction of sp³-hybridized carbons (Fsp3) is 0. The lowest BCUT2D eigenvalue weighted by molar-refractivity contribution is 1.59. The van der Waals surface area contributed by atoms with Crippen LogP contribution in [0.2, 0.25) is 0 Å². The van der Waals surface area contributed by atoms with E-state index in [4.69, 9.17) is 12.2 Å². The van der Waals surface area contributed by atoms with Crippen LogP contribution in [0.4, 0.5) is 0 Å². The Labute approximate surface area is 103 Å². The minimum atomic E-state index is 0.892. The monoisotopic (exact) mass is 276 g/mol. The predicted octanol–water partition coefficient (Wildman–Crippen LogP) is 4.22. The summed E-state index contributed by atoms with van der Waals surface area (Å²) < 4.78 is 1.07. The first-order valence-electron chi connectivity index (χ1n) is 4.63. The Morgan fingerprint density at radius 2 is 1.33 bits per heavy atom. The number of rotatable bonds is 2. The highest BCUT2D eigenvalue weighted by atomic mass is 79.9. The van der Waals surface area contributed by atoms with Gasteiger partial charge in [-0.1, -0.05) is 70.6 Å². The zero-order valence-corrected chi connectivity index (χ0v) is 10.4. The van der Waals surface area contributed by atoms with E-state index in [-0.39, 0.29) is 0 Å². The van der Waals surface area contributed by atoms with E-state index in [0.29, 0.717) is 0 Å². The Hall–Kier alpha value is -0.990. The molecule has 0 spiro atoms. The van der Waals surface area contributed by atoms with Crippen molar-refractivity contribution in [2.75, 3.05) is 0 Å². The van der Waals surface area contributed by atoms with Gasteiger partial charge in [0, 0.05) is 4.47 Å². The third-order valence-electron chi connectivity index (χ3n) is 2.14. The maximum Gasteiger partial charge on any atom is 0.0521 e. The molecular formula is C13H9BrS. The standard InChI is InChI=1S/C13H9BrS/c14-12-8-6-11(7-9-12)13(15)10-4-2-1-3-5-10/h1-9H. The molecule has 0 atom stereocenters. The molecule has 2 aromatic rings. The van der Waals surface area contributed by atoms with Crippen LogP contribution in [0.25, 0.3) is 0 Å². The topological polar surface area (TPSA) is 0 Å². The maximum atomic E-state index is 5.42. The van der Waals surface area contributed by atoms with Crippen LogP contribution < -0.4 is 0 Å². The summed E-state index contributed by atoms with van der Waals surface area (Å²) in [6, 6.07) is 18.1. The summed E-state index contributed by atoms with van der Waals surface area (Å²) in [5.41, 5.74) is 2.18. The highest BCUT2D eigenvalue weighted by molar-refractivity contribution is 9.10. The minimum absolute atomic E-state index is 0.892. The summed E-state index contributed by atoms with van der Waals surface area (Å²) >= 11 is 8.82. The molecule has 0 aliphatic heterocycles. The number of benzene rings is 2. The lowest BCUT2D eigenvalue weighted by atomic mass is 10.1. The van der Waals surface area contributed by atoms with Crippen LogP contribution in [0.15, 0.2) is 59.1 Å². The van der Waals surface area contributed by atoms with E-state index < -0.39 is 0 Å². The number of thiocarbonyl (C=S) groups is 1. The Bertz CT molecular complexity index is 460.